The summed E-state index contributed by atoms with van der Waals surface area (Å²) in [6.45, 7) is 6.84. The molecule has 0 spiro atoms. The van der Waals surface area contributed by atoms with E-state index < -0.39 is 0 Å². The predicted molar refractivity (Wildman–Crippen MR) is 88.3 cm³/mol. The number of thiazole rings is 1. The van der Waals surface area contributed by atoms with E-state index in [1.54, 1.807) is 6.20 Å². The molecule has 7 heteroatoms. The third-order valence-electron chi connectivity index (χ3n) is 3.10. The van der Waals surface area contributed by atoms with Gasteiger partial charge in [0.05, 0.1) is 11.2 Å². The second-order valence-corrected chi connectivity index (χ2v) is 7.02. The highest BCUT2D eigenvalue weighted by atomic mass is 35.5. The van der Waals surface area contributed by atoms with Crippen LogP contribution in [-0.2, 0) is 5.41 Å². The number of carbonyl (C=O) groups is 1. The lowest BCUT2D eigenvalue weighted by molar-refractivity contribution is 0.0954. The molecule has 1 aliphatic rings. The largest absolute Gasteiger partial charge is 0.350 e. The summed E-state index contributed by atoms with van der Waals surface area (Å²) in [4.78, 5) is 16.9. The van der Waals surface area contributed by atoms with Crippen molar-refractivity contribution >= 4 is 42.1 Å². The highest BCUT2D eigenvalue weighted by molar-refractivity contribution is 7.13. The minimum Gasteiger partial charge on any atom is -0.350 e. The van der Waals surface area contributed by atoms with Crippen LogP contribution in [-0.4, -0.2) is 23.5 Å². The molecule has 2 rings (SSSR count). The summed E-state index contributed by atoms with van der Waals surface area (Å²) in [5, 5.41) is 3.88. The van der Waals surface area contributed by atoms with Crippen molar-refractivity contribution in [2.45, 2.75) is 45.1 Å². The van der Waals surface area contributed by atoms with E-state index in [9.17, 15) is 4.79 Å². The number of nitrogens with one attached hydrogen (secondary N) is 1. The third-order valence-corrected chi connectivity index (χ3v) is 4.52. The van der Waals surface area contributed by atoms with Crippen molar-refractivity contribution in [3.8, 4) is 0 Å². The molecule has 0 radical (unpaired) electrons. The van der Waals surface area contributed by atoms with Gasteiger partial charge in [-0.3, -0.25) is 4.79 Å². The number of nitrogens with two attached hydrogens (primary N) is 1. The molecule has 20 heavy (non-hydrogen) atoms. The number of aromatic nitrogens is 1. The van der Waals surface area contributed by atoms with Crippen LogP contribution in [0.1, 0.15) is 48.3 Å². The van der Waals surface area contributed by atoms with Crippen LogP contribution in [0.25, 0.3) is 0 Å². The van der Waals surface area contributed by atoms with Gasteiger partial charge in [-0.25, -0.2) is 4.98 Å². The minimum atomic E-state index is -0.0564. The van der Waals surface area contributed by atoms with Crippen molar-refractivity contribution in [2.75, 3.05) is 6.54 Å². The van der Waals surface area contributed by atoms with E-state index in [1.807, 2.05) is 0 Å². The third kappa shape index (κ3) is 5.20. The predicted octanol–water partition coefficient (Wildman–Crippen LogP) is 2.75. The van der Waals surface area contributed by atoms with Crippen LogP contribution < -0.4 is 11.1 Å². The molecule has 0 saturated heterocycles. The van der Waals surface area contributed by atoms with Crippen LogP contribution in [0, 0.1) is 5.92 Å². The number of nitrogens with zero attached hydrogens (tertiary/aromatic N) is 1. The zero-order chi connectivity index (χ0) is 13.3. The van der Waals surface area contributed by atoms with Crippen LogP contribution >= 0.6 is 36.2 Å². The fourth-order valence-electron chi connectivity index (χ4n) is 1.71. The number of amides is 1. The summed E-state index contributed by atoms with van der Waals surface area (Å²) in [6.07, 6.45) is 4.06. The zero-order valence-electron chi connectivity index (χ0n) is 12.0. The van der Waals surface area contributed by atoms with Crippen LogP contribution in [0.2, 0.25) is 0 Å². The van der Waals surface area contributed by atoms with Gasteiger partial charge >= 0.3 is 0 Å². The first kappa shape index (κ1) is 19.6. The van der Waals surface area contributed by atoms with Crippen LogP contribution in [0.4, 0.5) is 0 Å². The first-order valence-electron chi connectivity index (χ1n) is 6.38. The molecule has 0 bridgehead atoms. The average molecular weight is 340 g/mol. The second-order valence-electron chi connectivity index (χ2n) is 5.99. The summed E-state index contributed by atoms with van der Waals surface area (Å²) in [6, 6.07) is 0.101. The molecule has 1 amide bonds. The number of hydrogen-bond donors (Lipinski definition) is 2. The minimum absolute atomic E-state index is 0. The Morgan fingerprint density at radius 2 is 2.10 bits per heavy atom. The molecular weight excluding hydrogens is 317 g/mol. The molecule has 3 N–H and O–H groups in total. The van der Waals surface area contributed by atoms with E-state index in [-0.39, 0.29) is 42.2 Å². The standard InChI is InChI=1S/C13H21N3OS.2ClH/c1-13(2,3)12-16-7-10(18-12)11(17)15-6-9(14)8-4-5-8;;/h7-9H,4-6,14H2,1-3H3,(H,15,17);2*1H. The van der Waals surface area contributed by atoms with Gasteiger partial charge < -0.3 is 11.1 Å². The van der Waals surface area contributed by atoms with E-state index in [0.29, 0.717) is 17.3 Å². The maximum atomic E-state index is 11.9. The molecule has 1 aromatic heterocycles. The summed E-state index contributed by atoms with van der Waals surface area (Å²) >= 11 is 1.46. The number of hydrogen-bond acceptors (Lipinski definition) is 4. The Balaban J connectivity index is 0.00000180. The zero-order valence-corrected chi connectivity index (χ0v) is 14.5. The molecule has 1 aromatic rings. The van der Waals surface area contributed by atoms with Gasteiger partial charge in [-0.05, 0) is 18.8 Å². The van der Waals surface area contributed by atoms with Crippen molar-refractivity contribution < 1.29 is 4.79 Å². The maximum Gasteiger partial charge on any atom is 0.263 e. The second kappa shape index (κ2) is 7.59. The highest BCUT2D eigenvalue weighted by Gasteiger charge is 2.28. The topological polar surface area (TPSA) is 68.0 Å². The smallest absolute Gasteiger partial charge is 0.263 e. The van der Waals surface area contributed by atoms with Crippen LogP contribution in [0.5, 0.6) is 0 Å². The van der Waals surface area contributed by atoms with Gasteiger partial charge in [0.1, 0.15) is 4.88 Å². The Morgan fingerprint density at radius 1 is 1.50 bits per heavy atom. The first-order chi connectivity index (χ1) is 8.38. The molecule has 0 aliphatic heterocycles. The van der Waals surface area contributed by atoms with E-state index in [0.717, 1.165) is 5.01 Å². The van der Waals surface area contributed by atoms with Crippen molar-refractivity contribution in [1.82, 2.24) is 10.3 Å². The fraction of sp³-hybridized carbons (Fsp3) is 0.692. The van der Waals surface area contributed by atoms with Gasteiger partial charge in [0.2, 0.25) is 0 Å². The fourth-order valence-corrected chi connectivity index (χ4v) is 2.60. The summed E-state index contributed by atoms with van der Waals surface area (Å²) in [5.74, 6) is 0.552. The normalized spacial score (nSPS) is 15.8. The lowest BCUT2D eigenvalue weighted by Crippen LogP contribution is -2.38. The summed E-state index contributed by atoms with van der Waals surface area (Å²) in [5.41, 5.74) is 5.95. The Hall–Kier alpha value is -0.360. The van der Waals surface area contributed by atoms with E-state index >= 15 is 0 Å². The Morgan fingerprint density at radius 3 is 2.55 bits per heavy atom. The quantitative estimate of drug-likeness (QED) is 0.886. The van der Waals surface area contributed by atoms with Gasteiger partial charge in [-0.2, -0.15) is 0 Å². The lowest BCUT2D eigenvalue weighted by Gasteiger charge is -2.13. The molecule has 4 nitrogen and oxygen atoms in total. The van der Waals surface area contributed by atoms with Crippen molar-refractivity contribution in [3.05, 3.63) is 16.1 Å². The Bertz CT molecular complexity index is 441. The van der Waals surface area contributed by atoms with Gasteiger partial charge in [-0.1, -0.05) is 20.8 Å². The Kier molecular flexibility index (Phi) is 7.46. The van der Waals surface area contributed by atoms with E-state index in [4.69, 9.17) is 5.73 Å². The highest BCUT2D eigenvalue weighted by Crippen LogP contribution is 2.31. The van der Waals surface area contributed by atoms with Crippen LogP contribution in [0.15, 0.2) is 6.20 Å². The number of halogens is 2. The van der Waals surface area contributed by atoms with E-state index in [1.165, 1.54) is 24.2 Å². The van der Waals surface area contributed by atoms with Crippen molar-refractivity contribution in [3.63, 3.8) is 0 Å². The molecule has 1 saturated carbocycles. The SMILES string of the molecule is CC(C)(C)c1ncc(C(=O)NCC(N)C2CC2)s1.Cl.Cl. The average Bonchev–Trinajstić information content (AvgIpc) is 3.00. The number of rotatable bonds is 4. The molecule has 0 aromatic carbocycles. The van der Waals surface area contributed by atoms with Crippen LogP contribution in [0.3, 0.4) is 0 Å². The molecule has 116 valence electrons. The molecule has 1 unspecified atom stereocenters. The monoisotopic (exact) mass is 339 g/mol. The summed E-state index contributed by atoms with van der Waals surface area (Å²) in [7, 11) is 0. The van der Waals surface area contributed by atoms with Gasteiger partial charge in [-0.15, -0.1) is 36.2 Å². The number of carbonyl (C=O) groups excluding carboxylic acids is 1. The van der Waals surface area contributed by atoms with Gasteiger partial charge in [0, 0.05) is 18.0 Å². The van der Waals surface area contributed by atoms with E-state index in [2.05, 4.69) is 31.1 Å². The lowest BCUT2D eigenvalue weighted by atomic mass is 9.98. The molecule has 1 atom stereocenters. The molecular formula is C13H23Cl2N3OS. The molecule has 1 aliphatic carbocycles. The maximum absolute atomic E-state index is 11.9. The molecule has 1 heterocycles. The first-order valence-corrected chi connectivity index (χ1v) is 7.19. The van der Waals surface area contributed by atoms with Gasteiger partial charge in [0.25, 0.3) is 5.91 Å². The van der Waals surface area contributed by atoms with Gasteiger partial charge in [0.15, 0.2) is 0 Å². The van der Waals surface area contributed by atoms with Crippen molar-refractivity contribution in [1.29, 1.82) is 0 Å². The molecule has 1 fully saturated rings. The van der Waals surface area contributed by atoms with Crippen molar-refractivity contribution in [2.24, 2.45) is 11.7 Å². The summed E-state index contributed by atoms with van der Waals surface area (Å²) < 4.78 is 0. The Labute approximate surface area is 136 Å².